The van der Waals surface area contributed by atoms with Gasteiger partial charge >= 0.3 is 0 Å². The average molecular weight is 390 g/mol. The summed E-state index contributed by atoms with van der Waals surface area (Å²) in [5.41, 5.74) is 4.32. The molecule has 4 heteroatoms. The van der Waals surface area contributed by atoms with Crippen molar-refractivity contribution < 1.29 is 9.53 Å². The predicted octanol–water partition coefficient (Wildman–Crippen LogP) is 5.15. The summed E-state index contributed by atoms with van der Waals surface area (Å²) in [5.74, 6) is 0.630. The lowest BCUT2D eigenvalue weighted by atomic mass is 10.0. The number of nitrogens with one attached hydrogen (secondary N) is 1. The molecule has 0 aliphatic carbocycles. The molecule has 0 heterocycles. The van der Waals surface area contributed by atoms with Crippen molar-refractivity contribution in [2.75, 3.05) is 11.9 Å². The van der Waals surface area contributed by atoms with Crippen LogP contribution in [0, 0.1) is 0 Å². The maximum Gasteiger partial charge on any atom is 0.262 e. The molecule has 128 valence electrons. The van der Waals surface area contributed by atoms with Gasteiger partial charge in [0.15, 0.2) is 6.61 Å². The van der Waals surface area contributed by atoms with E-state index in [9.17, 15) is 4.79 Å². The maximum atomic E-state index is 12.3. The van der Waals surface area contributed by atoms with Crippen LogP contribution in [0.15, 0.2) is 40.9 Å². The highest BCUT2D eigenvalue weighted by Gasteiger charge is 2.11. The number of anilines is 1. The number of rotatable bonds is 7. The average Bonchev–Trinajstić information content (AvgIpc) is 2.60. The van der Waals surface area contributed by atoms with Crippen molar-refractivity contribution >= 4 is 27.5 Å². The van der Waals surface area contributed by atoms with E-state index < -0.39 is 0 Å². The van der Waals surface area contributed by atoms with Gasteiger partial charge in [-0.1, -0.05) is 54.9 Å². The van der Waals surface area contributed by atoms with E-state index in [1.54, 1.807) is 0 Å². The first-order valence-electron chi connectivity index (χ1n) is 8.40. The summed E-state index contributed by atoms with van der Waals surface area (Å²) in [6.45, 7) is 6.27. The first kappa shape index (κ1) is 18.5. The SMILES string of the molecule is CCc1cc(Br)ccc1OCC(=O)Nc1c(CC)cccc1CC. The minimum atomic E-state index is -0.129. The van der Waals surface area contributed by atoms with Gasteiger partial charge in [0, 0.05) is 10.2 Å². The van der Waals surface area contributed by atoms with E-state index in [2.05, 4.69) is 54.2 Å². The van der Waals surface area contributed by atoms with Gasteiger partial charge in [-0.15, -0.1) is 0 Å². The van der Waals surface area contributed by atoms with Crippen LogP contribution in [0.5, 0.6) is 5.75 Å². The van der Waals surface area contributed by atoms with Gasteiger partial charge in [-0.05, 0) is 54.2 Å². The van der Waals surface area contributed by atoms with Crippen LogP contribution in [0.25, 0.3) is 0 Å². The monoisotopic (exact) mass is 389 g/mol. The Bertz CT molecular complexity index is 691. The van der Waals surface area contributed by atoms with E-state index in [0.717, 1.165) is 51.9 Å². The molecule has 0 spiro atoms. The van der Waals surface area contributed by atoms with Crippen LogP contribution < -0.4 is 10.1 Å². The lowest BCUT2D eigenvalue weighted by Crippen LogP contribution is -2.22. The van der Waals surface area contributed by atoms with Crippen molar-refractivity contribution in [1.82, 2.24) is 0 Å². The molecule has 2 rings (SSSR count). The third-order valence-corrected chi connectivity index (χ3v) is 4.52. The molecular weight excluding hydrogens is 366 g/mol. The van der Waals surface area contributed by atoms with E-state index in [1.165, 1.54) is 0 Å². The highest BCUT2D eigenvalue weighted by molar-refractivity contribution is 9.10. The van der Waals surface area contributed by atoms with Crippen molar-refractivity contribution in [2.45, 2.75) is 40.0 Å². The molecule has 0 saturated heterocycles. The summed E-state index contributed by atoms with van der Waals surface area (Å²) in [5, 5.41) is 3.03. The second-order valence-corrected chi connectivity index (χ2v) is 6.52. The zero-order chi connectivity index (χ0) is 17.5. The molecule has 0 aliphatic rings. The van der Waals surface area contributed by atoms with Crippen LogP contribution in [0.1, 0.15) is 37.5 Å². The summed E-state index contributed by atoms with van der Waals surface area (Å²) in [6, 6.07) is 12.0. The number of para-hydroxylation sites is 1. The predicted molar refractivity (Wildman–Crippen MR) is 103 cm³/mol. The Hall–Kier alpha value is -1.81. The lowest BCUT2D eigenvalue weighted by Gasteiger charge is -2.15. The molecule has 0 fully saturated rings. The van der Waals surface area contributed by atoms with Crippen molar-refractivity contribution in [3.63, 3.8) is 0 Å². The van der Waals surface area contributed by atoms with Gasteiger partial charge in [-0.2, -0.15) is 0 Å². The largest absolute Gasteiger partial charge is 0.483 e. The fourth-order valence-electron chi connectivity index (χ4n) is 2.69. The number of halogens is 1. The van der Waals surface area contributed by atoms with Gasteiger partial charge in [-0.3, -0.25) is 4.79 Å². The Balaban J connectivity index is 2.07. The Morgan fingerprint density at radius 2 is 1.62 bits per heavy atom. The number of carbonyl (C=O) groups is 1. The number of ether oxygens (including phenoxy) is 1. The molecule has 0 unspecified atom stereocenters. The van der Waals surface area contributed by atoms with Crippen LogP contribution in [-0.4, -0.2) is 12.5 Å². The first-order chi connectivity index (χ1) is 11.6. The Morgan fingerprint density at radius 3 is 2.21 bits per heavy atom. The maximum absolute atomic E-state index is 12.3. The van der Waals surface area contributed by atoms with Crippen LogP contribution >= 0.6 is 15.9 Å². The van der Waals surface area contributed by atoms with Crippen molar-refractivity contribution in [3.05, 3.63) is 57.6 Å². The highest BCUT2D eigenvalue weighted by Crippen LogP contribution is 2.25. The number of hydrogen-bond donors (Lipinski definition) is 1. The molecule has 24 heavy (non-hydrogen) atoms. The fourth-order valence-corrected chi connectivity index (χ4v) is 3.10. The summed E-state index contributed by atoms with van der Waals surface area (Å²) in [7, 11) is 0. The molecule has 2 aromatic carbocycles. The molecule has 0 bridgehead atoms. The molecule has 0 radical (unpaired) electrons. The third kappa shape index (κ3) is 4.60. The number of aryl methyl sites for hydroxylation is 3. The molecule has 0 saturated carbocycles. The highest BCUT2D eigenvalue weighted by atomic mass is 79.9. The third-order valence-electron chi connectivity index (χ3n) is 4.03. The number of carbonyl (C=O) groups excluding carboxylic acids is 1. The van der Waals surface area contributed by atoms with Gasteiger partial charge < -0.3 is 10.1 Å². The number of amides is 1. The van der Waals surface area contributed by atoms with Crippen LogP contribution in [-0.2, 0) is 24.1 Å². The van der Waals surface area contributed by atoms with Crippen LogP contribution in [0.3, 0.4) is 0 Å². The Kier molecular flexibility index (Phi) is 6.85. The summed E-state index contributed by atoms with van der Waals surface area (Å²) >= 11 is 3.46. The molecular formula is C20H24BrNO2. The van der Waals surface area contributed by atoms with Gasteiger partial charge in [-0.25, -0.2) is 0 Å². The van der Waals surface area contributed by atoms with E-state index in [0.29, 0.717) is 0 Å². The molecule has 0 atom stereocenters. The first-order valence-corrected chi connectivity index (χ1v) is 9.20. The molecule has 1 amide bonds. The molecule has 1 N–H and O–H groups in total. The van der Waals surface area contributed by atoms with Gasteiger partial charge in [0.2, 0.25) is 0 Å². The van der Waals surface area contributed by atoms with Crippen LogP contribution in [0.2, 0.25) is 0 Å². The van der Waals surface area contributed by atoms with Crippen LogP contribution in [0.4, 0.5) is 5.69 Å². The number of benzene rings is 2. The topological polar surface area (TPSA) is 38.3 Å². The summed E-state index contributed by atoms with van der Waals surface area (Å²) in [6.07, 6.45) is 2.63. The quantitative estimate of drug-likeness (QED) is 0.710. The van der Waals surface area contributed by atoms with Gasteiger partial charge in [0.1, 0.15) is 5.75 Å². The summed E-state index contributed by atoms with van der Waals surface area (Å²) in [4.78, 5) is 12.3. The Labute approximate surface area is 152 Å². The normalized spacial score (nSPS) is 10.5. The fraction of sp³-hybridized carbons (Fsp3) is 0.350. The Morgan fingerprint density at radius 1 is 1.00 bits per heavy atom. The minimum absolute atomic E-state index is 0.00976. The number of hydrogen-bond acceptors (Lipinski definition) is 2. The summed E-state index contributed by atoms with van der Waals surface area (Å²) < 4.78 is 6.75. The molecule has 3 nitrogen and oxygen atoms in total. The zero-order valence-electron chi connectivity index (χ0n) is 14.5. The second-order valence-electron chi connectivity index (χ2n) is 5.60. The smallest absolute Gasteiger partial charge is 0.262 e. The molecule has 0 aliphatic heterocycles. The molecule has 2 aromatic rings. The van der Waals surface area contributed by atoms with Gasteiger partial charge in [0.05, 0.1) is 0 Å². The zero-order valence-corrected chi connectivity index (χ0v) is 16.1. The van der Waals surface area contributed by atoms with E-state index in [4.69, 9.17) is 4.74 Å². The van der Waals surface area contributed by atoms with Crippen molar-refractivity contribution in [3.8, 4) is 5.75 Å². The standard InChI is InChI=1S/C20H24BrNO2/c1-4-14-8-7-9-15(5-2)20(14)22-19(23)13-24-18-11-10-17(21)12-16(18)6-3/h7-12H,4-6,13H2,1-3H3,(H,22,23). The van der Waals surface area contributed by atoms with Gasteiger partial charge in [0.25, 0.3) is 5.91 Å². The van der Waals surface area contributed by atoms with E-state index in [1.807, 2.05) is 24.3 Å². The van der Waals surface area contributed by atoms with E-state index >= 15 is 0 Å². The lowest BCUT2D eigenvalue weighted by molar-refractivity contribution is -0.118. The second kappa shape index (κ2) is 8.88. The molecule has 0 aromatic heterocycles. The minimum Gasteiger partial charge on any atom is -0.483 e. The van der Waals surface area contributed by atoms with Crippen molar-refractivity contribution in [1.29, 1.82) is 0 Å². The van der Waals surface area contributed by atoms with E-state index in [-0.39, 0.29) is 12.5 Å². The van der Waals surface area contributed by atoms with Crippen molar-refractivity contribution in [2.24, 2.45) is 0 Å².